The molecule has 0 atom stereocenters. The number of hydrogen-bond donors (Lipinski definition) is 1. The van der Waals surface area contributed by atoms with Gasteiger partial charge < -0.3 is 10.5 Å². The van der Waals surface area contributed by atoms with Gasteiger partial charge in [0.1, 0.15) is 11.3 Å². The van der Waals surface area contributed by atoms with Gasteiger partial charge in [-0.1, -0.05) is 6.07 Å². The Kier molecular flexibility index (Phi) is 3.80. The second-order valence-electron chi connectivity index (χ2n) is 3.38. The van der Waals surface area contributed by atoms with Crippen LogP contribution in [-0.4, -0.2) is 7.11 Å². The van der Waals surface area contributed by atoms with Gasteiger partial charge in [0.25, 0.3) is 0 Å². The average Bonchev–Trinajstić information content (AvgIpc) is 2.24. The lowest BCUT2D eigenvalue weighted by Crippen LogP contribution is -2.19. The molecule has 0 aliphatic carbocycles. The molecular formula is C10H9F6NO. The Balaban J connectivity index is 3.66. The molecule has 102 valence electrons. The van der Waals surface area contributed by atoms with Gasteiger partial charge in [0.2, 0.25) is 0 Å². The van der Waals surface area contributed by atoms with Gasteiger partial charge in [-0.15, -0.1) is 0 Å². The van der Waals surface area contributed by atoms with Crippen molar-refractivity contribution in [1.82, 2.24) is 0 Å². The van der Waals surface area contributed by atoms with E-state index in [0.717, 1.165) is 13.2 Å². The summed E-state index contributed by atoms with van der Waals surface area (Å²) in [6.45, 7) is -0.357. The van der Waals surface area contributed by atoms with E-state index in [1.54, 1.807) is 0 Å². The van der Waals surface area contributed by atoms with Crippen LogP contribution in [0, 0.1) is 0 Å². The third kappa shape index (κ3) is 2.69. The molecule has 0 bridgehead atoms. The summed E-state index contributed by atoms with van der Waals surface area (Å²) in [5.74, 6) is -0.889. The fourth-order valence-electron chi connectivity index (χ4n) is 1.54. The van der Waals surface area contributed by atoms with E-state index in [0.29, 0.717) is 6.07 Å². The van der Waals surface area contributed by atoms with E-state index >= 15 is 0 Å². The first-order valence-corrected chi connectivity index (χ1v) is 4.67. The second-order valence-corrected chi connectivity index (χ2v) is 3.38. The first-order valence-electron chi connectivity index (χ1n) is 4.67. The quantitative estimate of drug-likeness (QED) is 0.840. The molecule has 1 aromatic carbocycles. The van der Waals surface area contributed by atoms with Gasteiger partial charge in [0, 0.05) is 12.1 Å². The molecule has 0 amide bonds. The minimum Gasteiger partial charge on any atom is -0.496 e. The SMILES string of the molecule is COc1c(CN)ccc(C(F)(F)F)c1C(F)(F)F. The fourth-order valence-corrected chi connectivity index (χ4v) is 1.54. The predicted molar refractivity (Wildman–Crippen MR) is 50.9 cm³/mol. The van der Waals surface area contributed by atoms with Crippen molar-refractivity contribution in [1.29, 1.82) is 0 Å². The monoisotopic (exact) mass is 273 g/mol. The van der Waals surface area contributed by atoms with Crippen LogP contribution in [0.1, 0.15) is 16.7 Å². The summed E-state index contributed by atoms with van der Waals surface area (Å²) in [7, 11) is 0.865. The van der Waals surface area contributed by atoms with E-state index in [1.807, 2.05) is 0 Å². The van der Waals surface area contributed by atoms with Gasteiger partial charge in [-0.3, -0.25) is 0 Å². The first kappa shape index (κ1) is 14.6. The minimum atomic E-state index is -5.18. The summed E-state index contributed by atoms with van der Waals surface area (Å²) < 4.78 is 80.2. The van der Waals surface area contributed by atoms with Gasteiger partial charge in [-0.25, -0.2) is 0 Å². The summed E-state index contributed by atoms with van der Waals surface area (Å²) >= 11 is 0. The molecule has 0 saturated heterocycles. The van der Waals surface area contributed by atoms with Crippen LogP contribution in [0.2, 0.25) is 0 Å². The van der Waals surface area contributed by atoms with Crippen molar-refractivity contribution in [3.63, 3.8) is 0 Å². The highest BCUT2D eigenvalue weighted by atomic mass is 19.4. The van der Waals surface area contributed by atoms with E-state index in [9.17, 15) is 26.3 Å². The van der Waals surface area contributed by atoms with Gasteiger partial charge in [-0.05, 0) is 6.07 Å². The van der Waals surface area contributed by atoms with Crippen LogP contribution in [0.5, 0.6) is 5.75 Å². The summed E-state index contributed by atoms with van der Waals surface area (Å²) in [5, 5.41) is 0. The fraction of sp³-hybridized carbons (Fsp3) is 0.400. The first-order chi connectivity index (χ1) is 8.12. The van der Waals surface area contributed by atoms with Crippen molar-refractivity contribution < 1.29 is 31.1 Å². The van der Waals surface area contributed by atoms with Gasteiger partial charge in [-0.2, -0.15) is 26.3 Å². The van der Waals surface area contributed by atoms with E-state index in [4.69, 9.17) is 5.73 Å². The number of nitrogens with two attached hydrogens (primary N) is 1. The van der Waals surface area contributed by atoms with Crippen LogP contribution >= 0.6 is 0 Å². The Hall–Kier alpha value is -1.44. The van der Waals surface area contributed by atoms with Crippen LogP contribution in [0.25, 0.3) is 0 Å². The lowest BCUT2D eigenvalue weighted by atomic mass is 10.0. The smallest absolute Gasteiger partial charge is 0.420 e. The lowest BCUT2D eigenvalue weighted by Gasteiger charge is -2.20. The molecule has 0 saturated carbocycles. The molecule has 1 rings (SSSR count). The molecule has 0 aromatic heterocycles. The third-order valence-electron chi connectivity index (χ3n) is 2.25. The largest absolute Gasteiger partial charge is 0.496 e. The normalized spacial score (nSPS) is 12.7. The van der Waals surface area contributed by atoms with Crippen molar-refractivity contribution in [2.24, 2.45) is 5.73 Å². The molecule has 1 aromatic rings. The lowest BCUT2D eigenvalue weighted by molar-refractivity contribution is -0.163. The van der Waals surface area contributed by atoms with Crippen molar-refractivity contribution >= 4 is 0 Å². The number of benzene rings is 1. The third-order valence-corrected chi connectivity index (χ3v) is 2.25. The van der Waals surface area contributed by atoms with Gasteiger partial charge in [0.15, 0.2) is 0 Å². The number of halogens is 6. The minimum absolute atomic E-state index is 0.141. The maximum absolute atomic E-state index is 12.7. The Bertz CT molecular complexity index is 437. The van der Waals surface area contributed by atoms with Gasteiger partial charge >= 0.3 is 12.4 Å². The number of ether oxygens (including phenoxy) is 1. The molecule has 2 nitrogen and oxygen atoms in total. The Morgan fingerprint density at radius 2 is 1.61 bits per heavy atom. The van der Waals surface area contributed by atoms with E-state index in [1.165, 1.54) is 0 Å². The maximum Gasteiger partial charge on any atom is 0.420 e. The topological polar surface area (TPSA) is 35.2 Å². The zero-order valence-electron chi connectivity index (χ0n) is 9.12. The van der Waals surface area contributed by atoms with Crippen molar-refractivity contribution in [3.05, 3.63) is 28.8 Å². The summed E-state index contributed by atoms with van der Waals surface area (Å²) in [6, 6.07) is 1.23. The Labute approximate surface area is 98.3 Å². The maximum atomic E-state index is 12.7. The molecule has 8 heteroatoms. The zero-order chi connectivity index (χ0) is 14.1. The standard InChI is InChI=1S/C10H9F6NO/c1-18-8-5(4-17)2-3-6(9(11,12)13)7(8)10(14,15)16/h2-3H,4,17H2,1H3. The zero-order valence-corrected chi connectivity index (χ0v) is 9.12. The second kappa shape index (κ2) is 4.68. The van der Waals surface area contributed by atoms with Crippen LogP contribution in [0.3, 0.4) is 0 Å². The van der Waals surface area contributed by atoms with Crippen molar-refractivity contribution in [2.75, 3.05) is 7.11 Å². The molecule has 0 fully saturated rings. The predicted octanol–water partition coefficient (Wildman–Crippen LogP) is 3.19. The molecule has 18 heavy (non-hydrogen) atoms. The summed E-state index contributed by atoms with van der Waals surface area (Å²) in [4.78, 5) is 0. The van der Waals surface area contributed by atoms with Gasteiger partial charge in [0.05, 0.1) is 12.7 Å². The summed E-state index contributed by atoms with van der Waals surface area (Å²) in [5.41, 5.74) is 1.39. The van der Waals surface area contributed by atoms with Crippen LogP contribution in [0.15, 0.2) is 12.1 Å². The molecule has 2 N–H and O–H groups in total. The molecule has 0 heterocycles. The number of methoxy groups -OCH3 is 1. The highest BCUT2D eigenvalue weighted by Crippen LogP contribution is 2.46. The highest BCUT2D eigenvalue weighted by Gasteiger charge is 2.46. The Morgan fingerprint density at radius 1 is 1.06 bits per heavy atom. The van der Waals surface area contributed by atoms with E-state index in [-0.39, 0.29) is 12.1 Å². The molecule has 0 aliphatic heterocycles. The Morgan fingerprint density at radius 3 is 1.94 bits per heavy atom. The van der Waals surface area contributed by atoms with Crippen LogP contribution in [-0.2, 0) is 18.9 Å². The van der Waals surface area contributed by atoms with Crippen molar-refractivity contribution in [2.45, 2.75) is 18.9 Å². The number of rotatable bonds is 2. The van der Waals surface area contributed by atoms with Crippen molar-refractivity contribution in [3.8, 4) is 5.75 Å². The molecule has 0 spiro atoms. The van der Waals surface area contributed by atoms with Crippen LogP contribution in [0.4, 0.5) is 26.3 Å². The molecule has 0 radical (unpaired) electrons. The number of hydrogen-bond acceptors (Lipinski definition) is 2. The average molecular weight is 273 g/mol. The van der Waals surface area contributed by atoms with E-state index in [2.05, 4.69) is 4.74 Å². The van der Waals surface area contributed by atoms with Crippen LogP contribution < -0.4 is 10.5 Å². The molecule has 0 unspecified atom stereocenters. The van der Waals surface area contributed by atoms with E-state index < -0.39 is 29.2 Å². The summed E-state index contributed by atoms with van der Waals surface area (Å²) in [6.07, 6.45) is -10.3. The highest BCUT2D eigenvalue weighted by molar-refractivity contribution is 5.49. The number of alkyl halides is 6. The molecular weight excluding hydrogens is 264 g/mol. The molecule has 0 aliphatic rings.